The van der Waals surface area contributed by atoms with Gasteiger partial charge in [0.2, 0.25) is 5.91 Å². The van der Waals surface area contributed by atoms with Crippen LogP contribution in [0.4, 0.5) is 0 Å². The van der Waals surface area contributed by atoms with Gasteiger partial charge in [-0.1, -0.05) is 0 Å². The third-order valence-electron chi connectivity index (χ3n) is 5.39. The lowest BCUT2D eigenvalue weighted by atomic mass is 10.1. The molecule has 2 atom stereocenters. The van der Waals surface area contributed by atoms with E-state index in [4.69, 9.17) is 4.74 Å². The van der Waals surface area contributed by atoms with Gasteiger partial charge in [-0.15, -0.1) is 0 Å². The summed E-state index contributed by atoms with van der Waals surface area (Å²) in [5, 5.41) is 0. The number of likely N-dealkylation sites (tertiary alicyclic amines) is 1. The van der Waals surface area contributed by atoms with E-state index in [-0.39, 0.29) is 24.0 Å². The highest BCUT2D eigenvalue weighted by Gasteiger charge is 2.41. The molecule has 7 nitrogen and oxygen atoms in total. The molecule has 0 radical (unpaired) electrons. The number of carbonyl (C=O) groups is 2. The summed E-state index contributed by atoms with van der Waals surface area (Å²) >= 11 is 0. The summed E-state index contributed by atoms with van der Waals surface area (Å²) in [5.74, 6) is 0.00285. The topological polar surface area (TPSA) is 75.6 Å². The van der Waals surface area contributed by atoms with Crippen LogP contribution in [0, 0.1) is 13.8 Å². The first-order chi connectivity index (χ1) is 12.4. The number of ether oxygens (including phenoxy) is 1. The summed E-state index contributed by atoms with van der Waals surface area (Å²) in [6, 6.07) is 5.33. The van der Waals surface area contributed by atoms with Gasteiger partial charge in [0.25, 0.3) is 5.91 Å². The molecule has 2 amide bonds. The average Bonchev–Trinajstić information content (AvgIpc) is 2.99. The molecule has 2 fully saturated rings. The van der Waals surface area contributed by atoms with Crippen molar-refractivity contribution in [1.82, 2.24) is 19.8 Å². The molecule has 3 heterocycles. The van der Waals surface area contributed by atoms with Crippen molar-refractivity contribution >= 4 is 22.8 Å². The second-order valence-electron chi connectivity index (χ2n) is 7.04. The summed E-state index contributed by atoms with van der Waals surface area (Å²) in [6.45, 7) is 5.23. The minimum Gasteiger partial charge on any atom is -0.374 e. The molecule has 2 aromatic rings. The quantitative estimate of drug-likeness (QED) is 0.772. The zero-order chi connectivity index (χ0) is 18.4. The summed E-state index contributed by atoms with van der Waals surface area (Å²) in [4.78, 5) is 37.6. The molecule has 26 heavy (non-hydrogen) atoms. The van der Waals surface area contributed by atoms with Crippen LogP contribution in [-0.4, -0.2) is 70.5 Å². The van der Waals surface area contributed by atoms with Gasteiger partial charge < -0.3 is 14.5 Å². The van der Waals surface area contributed by atoms with Crippen molar-refractivity contribution in [3.63, 3.8) is 0 Å². The number of amides is 2. The molecule has 1 aromatic carbocycles. The molecule has 2 aliphatic heterocycles. The molecule has 0 unspecified atom stereocenters. The van der Waals surface area contributed by atoms with Gasteiger partial charge in [0.15, 0.2) is 0 Å². The van der Waals surface area contributed by atoms with E-state index >= 15 is 0 Å². The summed E-state index contributed by atoms with van der Waals surface area (Å²) in [5.41, 5.74) is 3.83. The number of hydrogen-bond acceptors (Lipinski definition) is 5. The Bertz CT molecular complexity index is 898. The van der Waals surface area contributed by atoms with Gasteiger partial charge >= 0.3 is 0 Å². The maximum atomic E-state index is 13.0. The number of nitrogens with zero attached hydrogens (tertiary/aromatic N) is 4. The number of likely N-dealkylation sites (N-methyl/N-ethyl adjacent to an activating group) is 1. The molecule has 0 saturated carbocycles. The average molecular weight is 354 g/mol. The van der Waals surface area contributed by atoms with E-state index in [1.165, 1.54) is 0 Å². The van der Waals surface area contributed by atoms with E-state index in [1.807, 2.05) is 19.9 Å². The van der Waals surface area contributed by atoms with Crippen LogP contribution in [0.5, 0.6) is 0 Å². The van der Waals surface area contributed by atoms with E-state index in [0.717, 1.165) is 22.4 Å². The molecule has 136 valence electrons. The second kappa shape index (κ2) is 6.32. The fourth-order valence-electron chi connectivity index (χ4n) is 3.66. The Morgan fingerprint density at radius 1 is 1.15 bits per heavy atom. The Morgan fingerprint density at radius 3 is 2.65 bits per heavy atom. The van der Waals surface area contributed by atoms with Crippen LogP contribution in [0.15, 0.2) is 18.2 Å². The zero-order valence-corrected chi connectivity index (χ0v) is 15.2. The van der Waals surface area contributed by atoms with E-state index in [1.54, 1.807) is 29.0 Å². The standard InChI is InChI=1S/C19H22N4O3/c1-11-12(2)21-15-8-13(4-5-14(15)20-11)19(25)23-9-16-17(10-23)26-7-6-18(24)22(16)3/h4-5,8,16-17H,6-7,9-10H2,1-3H3/t16-,17-/m0/s1. The fourth-order valence-corrected chi connectivity index (χ4v) is 3.66. The van der Waals surface area contributed by atoms with Crippen molar-refractivity contribution in [2.45, 2.75) is 32.4 Å². The van der Waals surface area contributed by atoms with E-state index < -0.39 is 0 Å². The third kappa shape index (κ3) is 2.82. The molecule has 0 N–H and O–H groups in total. The molecular weight excluding hydrogens is 332 g/mol. The monoisotopic (exact) mass is 354 g/mol. The van der Waals surface area contributed by atoms with Gasteiger partial charge in [-0.05, 0) is 32.0 Å². The van der Waals surface area contributed by atoms with Gasteiger partial charge in [0, 0.05) is 25.7 Å². The van der Waals surface area contributed by atoms with Crippen molar-refractivity contribution in [3.8, 4) is 0 Å². The number of hydrogen-bond donors (Lipinski definition) is 0. The van der Waals surface area contributed by atoms with Crippen LogP contribution in [0.2, 0.25) is 0 Å². The SMILES string of the molecule is Cc1nc2ccc(C(=O)N3C[C@@H]4OCCC(=O)N(C)[C@H]4C3)cc2nc1C. The summed E-state index contributed by atoms with van der Waals surface area (Å²) < 4.78 is 5.80. The fraction of sp³-hybridized carbons (Fsp3) is 0.474. The highest BCUT2D eigenvalue weighted by molar-refractivity contribution is 5.97. The van der Waals surface area contributed by atoms with Crippen LogP contribution in [-0.2, 0) is 9.53 Å². The number of aryl methyl sites for hydroxylation is 2. The molecule has 4 rings (SSSR count). The smallest absolute Gasteiger partial charge is 0.254 e. The van der Waals surface area contributed by atoms with Crippen molar-refractivity contribution < 1.29 is 14.3 Å². The first-order valence-electron chi connectivity index (χ1n) is 8.85. The van der Waals surface area contributed by atoms with Crippen molar-refractivity contribution in [2.24, 2.45) is 0 Å². The Morgan fingerprint density at radius 2 is 1.88 bits per heavy atom. The van der Waals surface area contributed by atoms with Crippen LogP contribution >= 0.6 is 0 Å². The number of rotatable bonds is 1. The lowest BCUT2D eigenvalue weighted by Gasteiger charge is -2.25. The maximum Gasteiger partial charge on any atom is 0.254 e. The maximum absolute atomic E-state index is 13.0. The lowest BCUT2D eigenvalue weighted by Crippen LogP contribution is -2.43. The Kier molecular flexibility index (Phi) is 4.11. The summed E-state index contributed by atoms with van der Waals surface area (Å²) in [6.07, 6.45) is 0.278. The van der Waals surface area contributed by atoms with Gasteiger partial charge in [0.1, 0.15) is 0 Å². The number of fused-ring (bicyclic) bond motifs is 2. The predicted octanol–water partition coefficient (Wildman–Crippen LogP) is 1.32. The Hall–Kier alpha value is -2.54. The highest BCUT2D eigenvalue weighted by atomic mass is 16.5. The predicted molar refractivity (Wildman–Crippen MR) is 95.8 cm³/mol. The number of carbonyl (C=O) groups excluding carboxylic acids is 2. The van der Waals surface area contributed by atoms with Crippen LogP contribution in [0.1, 0.15) is 28.2 Å². The normalized spacial score (nSPS) is 23.3. The van der Waals surface area contributed by atoms with Gasteiger partial charge in [0.05, 0.1) is 47.6 Å². The largest absolute Gasteiger partial charge is 0.374 e. The first kappa shape index (κ1) is 16.9. The van der Waals surface area contributed by atoms with E-state index in [2.05, 4.69) is 9.97 Å². The van der Waals surface area contributed by atoms with Crippen molar-refractivity contribution in [3.05, 3.63) is 35.2 Å². The molecule has 2 saturated heterocycles. The van der Waals surface area contributed by atoms with Crippen molar-refractivity contribution in [2.75, 3.05) is 26.7 Å². The van der Waals surface area contributed by atoms with Gasteiger partial charge in [-0.25, -0.2) is 9.97 Å². The third-order valence-corrected chi connectivity index (χ3v) is 5.39. The van der Waals surface area contributed by atoms with E-state index in [9.17, 15) is 9.59 Å². The first-order valence-corrected chi connectivity index (χ1v) is 8.85. The molecule has 0 spiro atoms. The number of aromatic nitrogens is 2. The molecule has 2 aliphatic rings. The summed E-state index contributed by atoms with van der Waals surface area (Å²) in [7, 11) is 1.79. The van der Waals surface area contributed by atoms with Crippen molar-refractivity contribution in [1.29, 1.82) is 0 Å². The number of benzene rings is 1. The molecule has 7 heteroatoms. The molecule has 1 aromatic heterocycles. The molecular formula is C19H22N4O3. The van der Waals surface area contributed by atoms with E-state index in [0.29, 0.717) is 31.7 Å². The van der Waals surface area contributed by atoms with Gasteiger partial charge in [-0.3, -0.25) is 9.59 Å². The van der Waals surface area contributed by atoms with Crippen LogP contribution < -0.4 is 0 Å². The van der Waals surface area contributed by atoms with Crippen LogP contribution in [0.3, 0.4) is 0 Å². The molecule has 0 aliphatic carbocycles. The minimum atomic E-state index is -0.124. The second-order valence-corrected chi connectivity index (χ2v) is 7.04. The lowest BCUT2D eigenvalue weighted by molar-refractivity contribution is -0.131. The molecule has 0 bridgehead atoms. The Balaban J connectivity index is 1.59. The van der Waals surface area contributed by atoms with Gasteiger partial charge in [-0.2, -0.15) is 0 Å². The minimum absolute atomic E-state index is 0.0653. The van der Waals surface area contributed by atoms with Crippen LogP contribution in [0.25, 0.3) is 11.0 Å². The Labute approximate surface area is 152 Å². The highest BCUT2D eigenvalue weighted by Crippen LogP contribution is 2.24. The zero-order valence-electron chi connectivity index (χ0n) is 15.2.